The first-order valence-electron chi connectivity index (χ1n) is 4.08. The molecule has 0 aliphatic carbocycles. The van der Waals surface area contributed by atoms with Crippen molar-refractivity contribution in [1.29, 1.82) is 5.26 Å². The first kappa shape index (κ1) is 11.6. The highest BCUT2D eigenvalue weighted by Crippen LogP contribution is 2.17. The molecule has 0 aromatic carbocycles. The van der Waals surface area contributed by atoms with E-state index in [1.807, 2.05) is 13.5 Å². The first-order chi connectivity index (χ1) is 5.58. The molecule has 0 spiro atoms. The minimum Gasteiger partial charge on any atom is -0.398 e. The van der Waals surface area contributed by atoms with Gasteiger partial charge in [-0.25, -0.2) is 0 Å². The predicted octanol–water partition coefficient (Wildman–Crippen LogP) is 1.90. The molecule has 12 heavy (non-hydrogen) atoms. The van der Waals surface area contributed by atoms with Gasteiger partial charge < -0.3 is 8.85 Å². The summed E-state index contributed by atoms with van der Waals surface area (Å²) < 4.78 is 10.6. The molecule has 0 heterocycles. The monoisotopic (exact) mass is 187 g/mol. The fourth-order valence-corrected chi connectivity index (χ4v) is 2.36. The Morgan fingerprint density at radius 3 is 2.25 bits per heavy atom. The molecular formula is C8H17NO2Si. The number of hydrogen-bond acceptors (Lipinski definition) is 3. The Morgan fingerprint density at radius 2 is 1.92 bits per heavy atom. The minimum atomic E-state index is -1.93. The average molecular weight is 187 g/mol. The second kappa shape index (κ2) is 5.30. The third kappa shape index (κ3) is 3.86. The van der Waals surface area contributed by atoms with E-state index in [1.165, 1.54) is 0 Å². The van der Waals surface area contributed by atoms with E-state index in [4.69, 9.17) is 14.1 Å². The molecule has 0 radical (unpaired) electrons. The Labute approximate surface area is 75.5 Å². The summed E-state index contributed by atoms with van der Waals surface area (Å²) in [5, 5.41) is 8.56. The first-order valence-corrected chi connectivity index (χ1v) is 6.60. The van der Waals surface area contributed by atoms with E-state index in [2.05, 4.69) is 6.07 Å². The second-order valence-electron chi connectivity index (χ2n) is 3.11. The lowest BCUT2D eigenvalue weighted by Gasteiger charge is -2.22. The highest BCUT2D eigenvalue weighted by atomic mass is 28.4. The maximum atomic E-state index is 8.56. The van der Waals surface area contributed by atoms with Crippen LogP contribution in [0.15, 0.2) is 0 Å². The summed E-state index contributed by atoms with van der Waals surface area (Å²) in [5.41, 5.74) is 0. The van der Waals surface area contributed by atoms with Crippen LogP contribution in [0.3, 0.4) is 0 Å². The molecule has 0 N–H and O–H groups in total. The third-order valence-electron chi connectivity index (χ3n) is 2.12. The summed E-state index contributed by atoms with van der Waals surface area (Å²) in [6, 6.07) is 3.08. The molecule has 0 saturated heterocycles. The van der Waals surface area contributed by atoms with Gasteiger partial charge in [0.1, 0.15) is 0 Å². The van der Waals surface area contributed by atoms with Crippen LogP contribution >= 0.6 is 0 Å². The minimum absolute atomic E-state index is 0.0992. The van der Waals surface area contributed by atoms with Crippen LogP contribution in [0.1, 0.15) is 13.3 Å². The molecule has 0 aromatic heterocycles. The van der Waals surface area contributed by atoms with Crippen molar-refractivity contribution in [2.75, 3.05) is 14.2 Å². The normalized spacial score (nSPS) is 13.9. The zero-order valence-corrected chi connectivity index (χ0v) is 9.26. The van der Waals surface area contributed by atoms with E-state index in [-0.39, 0.29) is 5.92 Å². The fraction of sp³-hybridized carbons (Fsp3) is 0.875. The van der Waals surface area contributed by atoms with E-state index < -0.39 is 8.56 Å². The standard InChI is InChI=1S/C8H17NO2Si/c1-8(7-9)5-6-12(4,10-2)11-3/h8H,5-6H2,1-4H3/t8-/m0/s1. The van der Waals surface area contributed by atoms with E-state index in [9.17, 15) is 0 Å². The zero-order valence-electron chi connectivity index (χ0n) is 8.26. The Morgan fingerprint density at radius 1 is 1.42 bits per heavy atom. The van der Waals surface area contributed by atoms with Crippen molar-refractivity contribution in [3.8, 4) is 6.07 Å². The second-order valence-corrected chi connectivity index (χ2v) is 6.69. The summed E-state index contributed by atoms with van der Waals surface area (Å²) in [5.74, 6) is 0.0992. The van der Waals surface area contributed by atoms with Crippen molar-refractivity contribution in [3.05, 3.63) is 0 Å². The van der Waals surface area contributed by atoms with Crippen LogP contribution in [0, 0.1) is 17.2 Å². The third-order valence-corrected chi connectivity index (χ3v) is 5.04. The summed E-state index contributed by atoms with van der Waals surface area (Å²) >= 11 is 0. The molecule has 3 nitrogen and oxygen atoms in total. The molecule has 0 aliphatic heterocycles. The van der Waals surface area contributed by atoms with E-state index in [0.717, 1.165) is 12.5 Å². The van der Waals surface area contributed by atoms with Crippen molar-refractivity contribution in [2.45, 2.75) is 25.9 Å². The van der Waals surface area contributed by atoms with Gasteiger partial charge in [-0.15, -0.1) is 0 Å². The number of nitriles is 1. The molecule has 0 saturated carbocycles. The molecule has 1 atom stereocenters. The Bertz CT molecular complexity index is 163. The Balaban J connectivity index is 3.82. The quantitative estimate of drug-likeness (QED) is 0.617. The van der Waals surface area contributed by atoms with Crippen molar-refractivity contribution in [2.24, 2.45) is 5.92 Å². The molecule has 70 valence electrons. The molecule has 0 bridgehead atoms. The summed E-state index contributed by atoms with van der Waals surface area (Å²) in [6.45, 7) is 3.93. The van der Waals surface area contributed by atoms with E-state index in [0.29, 0.717) is 0 Å². The van der Waals surface area contributed by atoms with Gasteiger partial charge in [0.05, 0.1) is 6.07 Å². The van der Waals surface area contributed by atoms with Crippen LogP contribution in [0.25, 0.3) is 0 Å². The van der Waals surface area contributed by atoms with Crippen LogP contribution in [-0.2, 0) is 8.85 Å². The molecule has 0 fully saturated rings. The zero-order chi connectivity index (χ0) is 9.61. The van der Waals surface area contributed by atoms with Crippen molar-refractivity contribution >= 4 is 8.56 Å². The van der Waals surface area contributed by atoms with Gasteiger partial charge in [-0.1, -0.05) is 0 Å². The molecule has 4 heteroatoms. The van der Waals surface area contributed by atoms with Gasteiger partial charge in [-0.3, -0.25) is 0 Å². The highest BCUT2D eigenvalue weighted by Gasteiger charge is 2.28. The summed E-state index contributed by atoms with van der Waals surface area (Å²) in [4.78, 5) is 0. The van der Waals surface area contributed by atoms with Crippen LogP contribution in [-0.4, -0.2) is 22.8 Å². The smallest absolute Gasteiger partial charge is 0.334 e. The van der Waals surface area contributed by atoms with E-state index in [1.54, 1.807) is 14.2 Å². The van der Waals surface area contributed by atoms with Gasteiger partial charge >= 0.3 is 8.56 Å². The van der Waals surface area contributed by atoms with Crippen LogP contribution < -0.4 is 0 Å². The molecule has 0 unspecified atom stereocenters. The van der Waals surface area contributed by atoms with Gasteiger partial charge in [-0.2, -0.15) is 5.26 Å². The topological polar surface area (TPSA) is 42.2 Å². The van der Waals surface area contributed by atoms with Gasteiger partial charge in [-0.05, 0) is 25.9 Å². The number of nitrogens with zero attached hydrogens (tertiary/aromatic N) is 1. The fourth-order valence-electron chi connectivity index (χ4n) is 0.831. The molecule has 0 aromatic rings. The Kier molecular flexibility index (Phi) is 5.14. The largest absolute Gasteiger partial charge is 0.398 e. The SMILES string of the molecule is CO[Si](C)(CC[C@H](C)C#N)OC. The van der Waals surface area contributed by atoms with Crippen LogP contribution in [0.4, 0.5) is 0 Å². The maximum Gasteiger partial charge on any atom is 0.334 e. The molecule has 0 rings (SSSR count). The molecule has 0 aliphatic rings. The Hall–Kier alpha value is -0.373. The van der Waals surface area contributed by atoms with Crippen molar-refractivity contribution in [1.82, 2.24) is 0 Å². The van der Waals surface area contributed by atoms with Gasteiger partial charge in [0.15, 0.2) is 0 Å². The van der Waals surface area contributed by atoms with Crippen molar-refractivity contribution < 1.29 is 8.85 Å². The van der Waals surface area contributed by atoms with Gasteiger partial charge in [0.2, 0.25) is 0 Å². The highest BCUT2D eigenvalue weighted by molar-refractivity contribution is 6.65. The maximum absolute atomic E-state index is 8.56. The van der Waals surface area contributed by atoms with Gasteiger partial charge in [0, 0.05) is 20.1 Å². The van der Waals surface area contributed by atoms with Gasteiger partial charge in [0.25, 0.3) is 0 Å². The van der Waals surface area contributed by atoms with E-state index >= 15 is 0 Å². The molecule has 0 amide bonds. The summed E-state index contributed by atoms with van der Waals surface area (Å²) in [7, 11) is 1.42. The van der Waals surface area contributed by atoms with Crippen LogP contribution in [0.5, 0.6) is 0 Å². The lowest BCUT2D eigenvalue weighted by atomic mass is 10.1. The lowest BCUT2D eigenvalue weighted by molar-refractivity contribution is 0.247. The summed E-state index contributed by atoms with van der Waals surface area (Å²) in [6.07, 6.45) is 0.862. The van der Waals surface area contributed by atoms with Crippen molar-refractivity contribution in [3.63, 3.8) is 0 Å². The predicted molar refractivity (Wildman–Crippen MR) is 49.8 cm³/mol. The van der Waals surface area contributed by atoms with Crippen LogP contribution in [0.2, 0.25) is 12.6 Å². The lowest BCUT2D eigenvalue weighted by Crippen LogP contribution is -2.36. The average Bonchev–Trinajstić information content (AvgIpc) is 2.13. The molecular weight excluding hydrogens is 170 g/mol. The number of rotatable bonds is 5. The number of hydrogen-bond donors (Lipinski definition) is 0.